The third kappa shape index (κ3) is 7.57. The number of hydrogen-bond donors (Lipinski definition) is 1. The van der Waals surface area contributed by atoms with Gasteiger partial charge < -0.3 is 9.47 Å². The van der Waals surface area contributed by atoms with E-state index < -0.39 is 15.9 Å². The molecule has 0 aromatic heterocycles. The summed E-state index contributed by atoms with van der Waals surface area (Å²) in [4.78, 5) is 12.7. The van der Waals surface area contributed by atoms with Gasteiger partial charge in [-0.15, -0.1) is 0 Å². The Balaban J connectivity index is 2.36. The van der Waals surface area contributed by atoms with Gasteiger partial charge in [0.15, 0.2) is 0 Å². The molecule has 0 bridgehead atoms. The predicted molar refractivity (Wildman–Crippen MR) is 129 cm³/mol. The molecule has 0 heterocycles. The minimum absolute atomic E-state index is 0.0201. The standard InChI is InChI=1S/C24H33N3O5S/c1-5-10-20(11-6-2)25-26-24(28)18-27(17-19-12-8-7-9-13-19)33(29,30)23-15-14-21(31-3)16-22(23)32-4/h7-9,12-16H,5-6,10-11,17-18H2,1-4H3,(H,26,28). The second kappa shape index (κ2) is 13.0. The molecule has 1 amide bonds. The van der Waals surface area contributed by atoms with Crippen LogP contribution in [0.3, 0.4) is 0 Å². The highest BCUT2D eigenvalue weighted by Gasteiger charge is 2.30. The van der Waals surface area contributed by atoms with Crippen LogP contribution >= 0.6 is 0 Å². The molecule has 0 aliphatic carbocycles. The zero-order chi connectivity index (χ0) is 24.3. The van der Waals surface area contributed by atoms with Crippen molar-refractivity contribution in [2.75, 3.05) is 20.8 Å². The highest BCUT2D eigenvalue weighted by atomic mass is 32.2. The van der Waals surface area contributed by atoms with Crippen LogP contribution in [0.25, 0.3) is 0 Å². The summed E-state index contributed by atoms with van der Waals surface area (Å²) in [7, 11) is -1.20. The molecule has 180 valence electrons. The third-order valence-electron chi connectivity index (χ3n) is 4.93. The molecule has 0 atom stereocenters. The van der Waals surface area contributed by atoms with Gasteiger partial charge in [-0.3, -0.25) is 4.79 Å². The van der Waals surface area contributed by atoms with Gasteiger partial charge in [0, 0.05) is 18.3 Å². The first-order valence-corrected chi connectivity index (χ1v) is 12.4. The van der Waals surface area contributed by atoms with Gasteiger partial charge in [-0.1, -0.05) is 57.0 Å². The molecule has 0 saturated heterocycles. The number of benzene rings is 2. The van der Waals surface area contributed by atoms with E-state index in [-0.39, 0.29) is 23.7 Å². The van der Waals surface area contributed by atoms with Crippen LogP contribution in [-0.4, -0.2) is 45.1 Å². The number of hydrazone groups is 1. The minimum atomic E-state index is -4.08. The van der Waals surface area contributed by atoms with Crippen molar-refractivity contribution >= 4 is 21.6 Å². The Morgan fingerprint density at radius 2 is 1.67 bits per heavy atom. The molecular weight excluding hydrogens is 442 g/mol. The Bertz CT molecular complexity index is 1030. The van der Waals surface area contributed by atoms with Crippen molar-refractivity contribution in [3.8, 4) is 11.5 Å². The van der Waals surface area contributed by atoms with Gasteiger partial charge in [0.05, 0.1) is 20.8 Å². The summed E-state index contributed by atoms with van der Waals surface area (Å²) in [6.45, 7) is 3.72. The molecule has 0 fully saturated rings. The van der Waals surface area contributed by atoms with Crippen molar-refractivity contribution in [1.82, 2.24) is 9.73 Å². The highest BCUT2D eigenvalue weighted by molar-refractivity contribution is 7.89. The van der Waals surface area contributed by atoms with Crippen LogP contribution in [0.1, 0.15) is 45.1 Å². The van der Waals surface area contributed by atoms with Crippen molar-refractivity contribution in [2.45, 2.75) is 51.0 Å². The maximum atomic E-state index is 13.6. The Hall–Kier alpha value is -2.91. The molecule has 1 N–H and O–H groups in total. The van der Waals surface area contributed by atoms with Gasteiger partial charge in [-0.2, -0.15) is 9.41 Å². The fourth-order valence-corrected chi connectivity index (χ4v) is 4.81. The van der Waals surface area contributed by atoms with E-state index in [9.17, 15) is 13.2 Å². The molecule has 0 radical (unpaired) electrons. The van der Waals surface area contributed by atoms with Crippen molar-refractivity contribution in [1.29, 1.82) is 0 Å². The summed E-state index contributed by atoms with van der Waals surface area (Å²) < 4.78 is 38.8. The molecule has 0 spiro atoms. The lowest BCUT2D eigenvalue weighted by Crippen LogP contribution is -2.39. The van der Waals surface area contributed by atoms with E-state index in [1.54, 1.807) is 6.07 Å². The molecule has 0 aliphatic rings. The van der Waals surface area contributed by atoms with E-state index in [1.807, 2.05) is 44.2 Å². The number of carbonyl (C=O) groups excluding carboxylic acids is 1. The van der Waals surface area contributed by atoms with Crippen LogP contribution < -0.4 is 14.9 Å². The van der Waals surface area contributed by atoms with Gasteiger partial charge in [0.2, 0.25) is 10.0 Å². The smallest absolute Gasteiger partial charge is 0.255 e. The van der Waals surface area contributed by atoms with Gasteiger partial charge in [-0.25, -0.2) is 13.8 Å². The molecule has 33 heavy (non-hydrogen) atoms. The second-order valence-corrected chi connectivity index (χ2v) is 9.39. The lowest BCUT2D eigenvalue weighted by atomic mass is 10.1. The van der Waals surface area contributed by atoms with Crippen LogP contribution in [-0.2, 0) is 21.4 Å². The lowest BCUT2D eigenvalue weighted by Gasteiger charge is -2.23. The Morgan fingerprint density at radius 3 is 2.24 bits per heavy atom. The Kier molecular flexibility index (Phi) is 10.3. The summed E-state index contributed by atoms with van der Waals surface area (Å²) in [5, 5.41) is 4.23. The molecule has 0 aliphatic heterocycles. The number of nitrogens with one attached hydrogen (secondary N) is 1. The van der Waals surface area contributed by atoms with Crippen molar-refractivity contribution < 1.29 is 22.7 Å². The zero-order valence-electron chi connectivity index (χ0n) is 19.7. The van der Waals surface area contributed by atoms with E-state index in [0.29, 0.717) is 5.75 Å². The van der Waals surface area contributed by atoms with Crippen LogP contribution in [0.5, 0.6) is 11.5 Å². The van der Waals surface area contributed by atoms with Crippen LogP contribution in [0, 0.1) is 0 Å². The topological polar surface area (TPSA) is 97.3 Å². The summed E-state index contributed by atoms with van der Waals surface area (Å²) >= 11 is 0. The lowest BCUT2D eigenvalue weighted by molar-refractivity contribution is -0.121. The first-order valence-electron chi connectivity index (χ1n) is 11.0. The third-order valence-corrected chi connectivity index (χ3v) is 6.76. The SMILES string of the molecule is CCCC(CCC)=NNC(=O)CN(Cc1ccccc1)S(=O)(=O)c1ccc(OC)cc1OC. The monoisotopic (exact) mass is 475 g/mol. The highest BCUT2D eigenvalue weighted by Crippen LogP contribution is 2.31. The Morgan fingerprint density at radius 1 is 1.00 bits per heavy atom. The van der Waals surface area contributed by atoms with Crippen molar-refractivity contribution in [2.24, 2.45) is 5.10 Å². The summed E-state index contributed by atoms with van der Waals surface area (Å²) in [5.41, 5.74) is 4.17. The predicted octanol–water partition coefficient (Wildman–Crippen LogP) is 3.97. The number of methoxy groups -OCH3 is 2. The molecule has 2 aromatic rings. The molecule has 0 saturated carbocycles. The Labute approximate surface area is 196 Å². The van der Waals surface area contributed by atoms with Crippen LogP contribution in [0.15, 0.2) is 58.5 Å². The number of rotatable bonds is 13. The van der Waals surface area contributed by atoms with Crippen molar-refractivity contribution in [3.05, 3.63) is 54.1 Å². The van der Waals surface area contributed by atoms with Crippen LogP contribution in [0.2, 0.25) is 0 Å². The summed E-state index contributed by atoms with van der Waals surface area (Å²) in [6, 6.07) is 13.6. The zero-order valence-corrected chi connectivity index (χ0v) is 20.5. The maximum Gasteiger partial charge on any atom is 0.255 e. The largest absolute Gasteiger partial charge is 0.497 e. The number of hydrogen-bond acceptors (Lipinski definition) is 6. The maximum absolute atomic E-state index is 13.6. The number of sulfonamides is 1. The number of ether oxygens (including phenoxy) is 2. The first kappa shape index (κ1) is 26.3. The molecular formula is C24H33N3O5S. The second-order valence-electron chi connectivity index (χ2n) is 7.49. The minimum Gasteiger partial charge on any atom is -0.497 e. The first-order chi connectivity index (χ1) is 15.8. The summed E-state index contributed by atoms with van der Waals surface area (Å²) in [6.07, 6.45) is 3.40. The average molecular weight is 476 g/mol. The van der Waals surface area contributed by atoms with Crippen molar-refractivity contribution in [3.63, 3.8) is 0 Å². The van der Waals surface area contributed by atoms with Gasteiger partial charge in [0.25, 0.3) is 5.91 Å². The van der Waals surface area contributed by atoms with Gasteiger partial charge in [-0.05, 0) is 30.5 Å². The fourth-order valence-electron chi connectivity index (χ4n) is 3.29. The van der Waals surface area contributed by atoms with E-state index in [2.05, 4.69) is 10.5 Å². The van der Waals surface area contributed by atoms with Gasteiger partial charge >= 0.3 is 0 Å². The van der Waals surface area contributed by atoms with E-state index >= 15 is 0 Å². The van der Waals surface area contributed by atoms with E-state index in [0.717, 1.165) is 41.3 Å². The molecule has 2 aromatic carbocycles. The van der Waals surface area contributed by atoms with Crippen LogP contribution in [0.4, 0.5) is 0 Å². The molecule has 2 rings (SSSR count). The average Bonchev–Trinajstić information content (AvgIpc) is 2.82. The van der Waals surface area contributed by atoms with E-state index in [1.165, 1.54) is 26.4 Å². The molecule has 9 heteroatoms. The quantitative estimate of drug-likeness (QED) is 0.349. The number of amides is 1. The van der Waals surface area contributed by atoms with Gasteiger partial charge in [0.1, 0.15) is 16.4 Å². The summed E-state index contributed by atoms with van der Waals surface area (Å²) in [5.74, 6) is 0.0950. The number of nitrogens with zero attached hydrogens (tertiary/aromatic N) is 2. The molecule has 8 nitrogen and oxygen atoms in total. The molecule has 0 unspecified atom stereocenters. The number of carbonyl (C=O) groups is 1. The normalized spacial score (nSPS) is 11.2. The van der Waals surface area contributed by atoms with E-state index in [4.69, 9.17) is 9.47 Å². The fraction of sp³-hybridized carbons (Fsp3) is 0.417.